The van der Waals surface area contributed by atoms with Crippen LogP contribution in [0.4, 0.5) is 0 Å². The van der Waals surface area contributed by atoms with E-state index < -0.39 is 0 Å². The number of carbonyl (C=O) groups excluding carboxylic acids is 1. The third-order valence-corrected chi connectivity index (χ3v) is 2.81. The highest BCUT2D eigenvalue weighted by Gasteiger charge is 2.18. The van der Waals surface area contributed by atoms with Crippen LogP contribution in [0.2, 0.25) is 5.02 Å². The monoisotopic (exact) mass is 257 g/mol. The third-order valence-electron chi connectivity index (χ3n) is 2.47. The lowest BCUT2D eigenvalue weighted by Crippen LogP contribution is -2.12. The maximum absolute atomic E-state index is 10.9. The van der Waals surface area contributed by atoms with Gasteiger partial charge in [-0.15, -0.1) is 0 Å². The quantitative estimate of drug-likeness (QED) is 0.791. The van der Waals surface area contributed by atoms with Gasteiger partial charge in [-0.05, 0) is 26.1 Å². The number of hydrogen-bond acceptors (Lipinski definition) is 4. The van der Waals surface area contributed by atoms with Crippen LogP contribution in [0.3, 0.4) is 0 Å². The average molecular weight is 258 g/mol. The molecule has 0 amide bonds. The lowest BCUT2D eigenvalue weighted by molar-refractivity contribution is 0.112. The Labute approximate surface area is 106 Å². The van der Waals surface area contributed by atoms with E-state index >= 15 is 0 Å². The van der Waals surface area contributed by atoms with Crippen molar-refractivity contribution in [2.75, 3.05) is 27.8 Å². The smallest absolute Gasteiger partial charge is 0.171 e. The first-order chi connectivity index (χ1) is 8.19. The van der Waals surface area contributed by atoms with Gasteiger partial charge < -0.3 is 14.8 Å². The number of benzene rings is 1. The van der Waals surface area contributed by atoms with Crippen molar-refractivity contribution in [3.05, 3.63) is 22.2 Å². The molecule has 1 aromatic rings. The van der Waals surface area contributed by atoms with Gasteiger partial charge in [0, 0.05) is 10.6 Å². The molecule has 0 aliphatic carbocycles. The SMILES string of the molecule is CNCCc1c(Cl)cc(C=O)c(OC)c1OC. The van der Waals surface area contributed by atoms with Crippen LogP contribution in [0.5, 0.6) is 11.5 Å². The number of nitrogens with one attached hydrogen (secondary N) is 1. The molecule has 94 valence electrons. The Morgan fingerprint density at radius 1 is 1.35 bits per heavy atom. The van der Waals surface area contributed by atoms with Gasteiger partial charge in [-0.2, -0.15) is 0 Å². The van der Waals surface area contributed by atoms with Gasteiger partial charge in [0.25, 0.3) is 0 Å². The summed E-state index contributed by atoms with van der Waals surface area (Å²) in [7, 11) is 4.89. The highest BCUT2D eigenvalue weighted by atomic mass is 35.5. The standard InChI is InChI=1S/C12H16ClNO3/c1-14-5-4-9-10(13)6-8(7-15)11(16-2)12(9)17-3/h6-7,14H,4-5H2,1-3H3. The van der Waals surface area contributed by atoms with E-state index in [0.29, 0.717) is 34.8 Å². The van der Waals surface area contributed by atoms with Crippen LogP contribution in [-0.4, -0.2) is 34.1 Å². The summed E-state index contributed by atoms with van der Waals surface area (Å²) in [4.78, 5) is 10.9. The summed E-state index contributed by atoms with van der Waals surface area (Å²) in [5.41, 5.74) is 1.23. The molecule has 0 atom stereocenters. The molecule has 1 N–H and O–H groups in total. The van der Waals surface area contributed by atoms with Gasteiger partial charge in [0.05, 0.1) is 19.8 Å². The number of ether oxygens (including phenoxy) is 2. The molecule has 0 fully saturated rings. The Morgan fingerprint density at radius 3 is 2.47 bits per heavy atom. The molecule has 0 bridgehead atoms. The molecule has 4 nitrogen and oxygen atoms in total. The van der Waals surface area contributed by atoms with E-state index in [-0.39, 0.29) is 0 Å². The van der Waals surface area contributed by atoms with Gasteiger partial charge in [0.1, 0.15) is 0 Å². The Balaban J connectivity index is 3.32. The zero-order valence-electron chi connectivity index (χ0n) is 10.2. The van der Waals surface area contributed by atoms with Crippen LogP contribution in [0.25, 0.3) is 0 Å². The molecule has 0 saturated heterocycles. The summed E-state index contributed by atoms with van der Waals surface area (Å²) in [6.45, 7) is 0.764. The molecule has 0 unspecified atom stereocenters. The maximum atomic E-state index is 10.9. The van der Waals surface area contributed by atoms with Crippen molar-refractivity contribution in [3.63, 3.8) is 0 Å². The summed E-state index contributed by atoms with van der Waals surface area (Å²) in [5.74, 6) is 0.954. The third kappa shape index (κ3) is 2.90. The Bertz CT molecular complexity index is 407. The molecule has 17 heavy (non-hydrogen) atoms. The van der Waals surface area contributed by atoms with E-state index in [9.17, 15) is 4.79 Å². The summed E-state index contributed by atoms with van der Waals surface area (Å²) in [5, 5.41) is 3.55. The number of methoxy groups -OCH3 is 2. The summed E-state index contributed by atoms with van der Waals surface area (Å²) >= 11 is 6.13. The van der Waals surface area contributed by atoms with E-state index in [1.54, 1.807) is 6.07 Å². The molecule has 0 radical (unpaired) electrons. The summed E-state index contributed by atoms with van der Waals surface area (Å²) in [6, 6.07) is 1.60. The first-order valence-electron chi connectivity index (χ1n) is 5.22. The molecular formula is C12H16ClNO3. The molecule has 0 heterocycles. The molecule has 1 rings (SSSR count). The molecule has 0 aliphatic heterocycles. The van der Waals surface area contributed by atoms with Crippen LogP contribution in [0.15, 0.2) is 6.07 Å². The largest absolute Gasteiger partial charge is 0.492 e. The van der Waals surface area contributed by atoms with E-state index in [2.05, 4.69) is 5.32 Å². The second kappa shape index (κ2) is 6.47. The van der Waals surface area contributed by atoms with E-state index in [1.165, 1.54) is 14.2 Å². The Hall–Kier alpha value is -1.26. The minimum atomic E-state index is 0.391. The van der Waals surface area contributed by atoms with Gasteiger partial charge in [0.15, 0.2) is 17.8 Å². The van der Waals surface area contributed by atoms with Crippen molar-refractivity contribution in [3.8, 4) is 11.5 Å². The van der Waals surface area contributed by atoms with Crippen molar-refractivity contribution >= 4 is 17.9 Å². The van der Waals surface area contributed by atoms with Gasteiger partial charge in [-0.25, -0.2) is 0 Å². The van der Waals surface area contributed by atoms with E-state index in [4.69, 9.17) is 21.1 Å². The number of hydrogen-bond donors (Lipinski definition) is 1. The van der Waals surface area contributed by atoms with Gasteiger partial charge >= 0.3 is 0 Å². The van der Waals surface area contributed by atoms with E-state index in [0.717, 1.165) is 12.1 Å². The minimum absolute atomic E-state index is 0.391. The zero-order chi connectivity index (χ0) is 12.8. The lowest BCUT2D eigenvalue weighted by atomic mass is 10.1. The second-order valence-electron chi connectivity index (χ2n) is 3.46. The Kier molecular flexibility index (Phi) is 5.25. The highest BCUT2D eigenvalue weighted by Crippen LogP contribution is 2.38. The van der Waals surface area contributed by atoms with Crippen molar-refractivity contribution in [2.24, 2.45) is 0 Å². The van der Waals surface area contributed by atoms with Crippen molar-refractivity contribution in [2.45, 2.75) is 6.42 Å². The van der Waals surface area contributed by atoms with Crippen molar-refractivity contribution in [1.29, 1.82) is 0 Å². The van der Waals surface area contributed by atoms with E-state index in [1.807, 2.05) is 7.05 Å². The molecular weight excluding hydrogens is 242 g/mol. The topological polar surface area (TPSA) is 47.6 Å². The predicted octanol–water partition coefficient (Wildman–Crippen LogP) is 1.93. The second-order valence-corrected chi connectivity index (χ2v) is 3.87. The van der Waals surface area contributed by atoms with Crippen molar-refractivity contribution < 1.29 is 14.3 Å². The van der Waals surface area contributed by atoms with Gasteiger partial charge in [-0.3, -0.25) is 4.79 Å². The number of carbonyl (C=O) groups is 1. The molecule has 0 aliphatic rings. The van der Waals surface area contributed by atoms with Gasteiger partial charge in [0.2, 0.25) is 0 Å². The van der Waals surface area contributed by atoms with Crippen LogP contribution < -0.4 is 14.8 Å². The number of rotatable bonds is 6. The number of likely N-dealkylation sites (N-methyl/N-ethyl adjacent to an activating group) is 1. The molecule has 5 heteroatoms. The predicted molar refractivity (Wildman–Crippen MR) is 67.6 cm³/mol. The first kappa shape index (κ1) is 13.8. The Morgan fingerprint density at radius 2 is 2.00 bits per heavy atom. The van der Waals surface area contributed by atoms with Crippen LogP contribution in [0.1, 0.15) is 15.9 Å². The minimum Gasteiger partial charge on any atom is -0.492 e. The maximum Gasteiger partial charge on any atom is 0.171 e. The number of aldehydes is 1. The van der Waals surface area contributed by atoms with Gasteiger partial charge in [-0.1, -0.05) is 11.6 Å². The molecule has 0 aromatic heterocycles. The molecule has 0 saturated carbocycles. The average Bonchev–Trinajstić information content (AvgIpc) is 2.35. The fourth-order valence-electron chi connectivity index (χ4n) is 1.66. The number of halogens is 1. The first-order valence-corrected chi connectivity index (χ1v) is 5.60. The molecule has 1 aromatic carbocycles. The highest BCUT2D eigenvalue weighted by molar-refractivity contribution is 6.32. The van der Waals surface area contributed by atoms with Crippen LogP contribution in [0, 0.1) is 0 Å². The lowest BCUT2D eigenvalue weighted by Gasteiger charge is -2.16. The summed E-state index contributed by atoms with van der Waals surface area (Å²) < 4.78 is 10.5. The van der Waals surface area contributed by atoms with Crippen LogP contribution >= 0.6 is 11.6 Å². The molecule has 0 spiro atoms. The van der Waals surface area contributed by atoms with Crippen LogP contribution in [-0.2, 0) is 6.42 Å². The fraction of sp³-hybridized carbons (Fsp3) is 0.417. The fourth-order valence-corrected chi connectivity index (χ4v) is 1.96. The summed E-state index contributed by atoms with van der Waals surface area (Å²) in [6.07, 6.45) is 1.41. The zero-order valence-corrected chi connectivity index (χ0v) is 10.9. The normalized spacial score (nSPS) is 10.1. The van der Waals surface area contributed by atoms with Crippen molar-refractivity contribution in [1.82, 2.24) is 5.32 Å².